The predicted octanol–water partition coefficient (Wildman–Crippen LogP) is 3.47. The van der Waals surface area contributed by atoms with E-state index in [-0.39, 0.29) is 0 Å². The lowest BCUT2D eigenvalue weighted by Gasteiger charge is -2.56. The lowest BCUT2D eigenvalue weighted by molar-refractivity contribution is -0.0668. The van der Waals surface area contributed by atoms with Crippen LogP contribution in [0.25, 0.3) is 0 Å². The van der Waals surface area contributed by atoms with Crippen LogP contribution in [0, 0.1) is 23.2 Å². The first-order valence-electron chi connectivity index (χ1n) is 8.94. The van der Waals surface area contributed by atoms with Crippen molar-refractivity contribution in [2.75, 3.05) is 32.7 Å². The Morgan fingerprint density at radius 2 is 1.60 bits per heavy atom. The van der Waals surface area contributed by atoms with E-state index < -0.39 is 0 Å². The standard InChI is InChI=1S/C18H34N2/c1-14(2)17-5-7-18(8-6-17)12-19(13-18)9-16-10-20(11-16)15(3)4/h14-17H,5-13H2,1-4H3. The molecule has 1 saturated carbocycles. The zero-order valence-corrected chi connectivity index (χ0v) is 14.1. The topological polar surface area (TPSA) is 6.48 Å². The lowest BCUT2D eigenvalue weighted by Crippen LogP contribution is -2.62. The summed E-state index contributed by atoms with van der Waals surface area (Å²) >= 11 is 0. The van der Waals surface area contributed by atoms with Gasteiger partial charge in [-0.3, -0.25) is 0 Å². The summed E-state index contributed by atoms with van der Waals surface area (Å²) < 4.78 is 0. The van der Waals surface area contributed by atoms with Gasteiger partial charge in [-0.25, -0.2) is 0 Å². The number of hydrogen-bond acceptors (Lipinski definition) is 2. The molecule has 2 heterocycles. The molecular formula is C18H34N2. The molecule has 0 aromatic rings. The van der Waals surface area contributed by atoms with Gasteiger partial charge in [0.1, 0.15) is 0 Å². The molecule has 20 heavy (non-hydrogen) atoms. The third-order valence-electron chi connectivity index (χ3n) is 6.38. The highest BCUT2D eigenvalue weighted by Crippen LogP contribution is 2.47. The van der Waals surface area contributed by atoms with E-state index >= 15 is 0 Å². The van der Waals surface area contributed by atoms with E-state index in [0.29, 0.717) is 0 Å². The minimum absolute atomic E-state index is 0.743. The molecule has 0 bridgehead atoms. The molecule has 0 amide bonds. The van der Waals surface area contributed by atoms with Crippen LogP contribution in [0.3, 0.4) is 0 Å². The Morgan fingerprint density at radius 3 is 2.10 bits per heavy atom. The molecule has 0 aromatic carbocycles. The van der Waals surface area contributed by atoms with Gasteiger partial charge in [-0.1, -0.05) is 13.8 Å². The first kappa shape index (κ1) is 14.8. The van der Waals surface area contributed by atoms with Crippen molar-refractivity contribution in [3.63, 3.8) is 0 Å². The highest BCUT2D eigenvalue weighted by molar-refractivity contribution is 4.99. The number of rotatable bonds is 4. The Bertz CT molecular complexity index is 314. The monoisotopic (exact) mass is 278 g/mol. The van der Waals surface area contributed by atoms with Crippen LogP contribution < -0.4 is 0 Å². The van der Waals surface area contributed by atoms with Crippen LogP contribution in [-0.2, 0) is 0 Å². The van der Waals surface area contributed by atoms with E-state index in [0.717, 1.165) is 29.2 Å². The molecule has 1 aliphatic carbocycles. The molecular weight excluding hydrogens is 244 g/mol. The van der Waals surface area contributed by atoms with Crippen LogP contribution >= 0.6 is 0 Å². The summed E-state index contributed by atoms with van der Waals surface area (Å²) in [5.74, 6) is 2.88. The van der Waals surface area contributed by atoms with Gasteiger partial charge in [0.15, 0.2) is 0 Å². The van der Waals surface area contributed by atoms with Crippen LogP contribution in [0.1, 0.15) is 53.4 Å². The smallest absolute Gasteiger partial charge is 0.00506 e. The summed E-state index contributed by atoms with van der Waals surface area (Å²) in [7, 11) is 0. The van der Waals surface area contributed by atoms with Crippen LogP contribution in [0.15, 0.2) is 0 Å². The fourth-order valence-corrected chi connectivity index (χ4v) is 4.78. The van der Waals surface area contributed by atoms with E-state index in [4.69, 9.17) is 0 Å². The molecule has 0 radical (unpaired) electrons. The van der Waals surface area contributed by atoms with Crippen LogP contribution in [0.5, 0.6) is 0 Å². The van der Waals surface area contributed by atoms with Crippen LogP contribution in [0.4, 0.5) is 0 Å². The zero-order valence-electron chi connectivity index (χ0n) is 14.1. The van der Waals surface area contributed by atoms with Crippen LogP contribution in [0.2, 0.25) is 0 Å². The van der Waals surface area contributed by atoms with Crippen molar-refractivity contribution in [1.82, 2.24) is 9.80 Å². The van der Waals surface area contributed by atoms with Crippen molar-refractivity contribution < 1.29 is 0 Å². The van der Waals surface area contributed by atoms with Gasteiger partial charge in [0.2, 0.25) is 0 Å². The molecule has 2 heteroatoms. The van der Waals surface area contributed by atoms with Gasteiger partial charge >= 0.3 is 0 Å². The zero-order chi connectivity index (χ0) is 14.3. The van der Waals surface area contributed by atoms with Gasteiger partial charge in [0, 0.05) is 38.8 Å². The van der Waals surface area contributed by atoms with Crippen molar-refractivity contribution in [1.29, 1.82) is 0 Å². The molecule has 2 saturated heterocycles. The molecule has 0 atom stereocenters. The average Bonchev–Trinajstić information content (AvgIpc) is 2.30. The summed E-state index contributed by atoms with van der Waals surface area (Å²) in [5.41, 5.74) is 0.743. The molecule has 0 N–H and O–H groups in total. The quantitative estimate of drug-likeness (QED) is 0.777. The fraction of sp³-hybridized carbons (Fsp3) is 1.00. The second-order valence-corrected chi connectivity index (χ2v) is 8.66. The highest BCUT2D eigenvalue weighted by Gasteiger charge is 2.46. The first-order chi connectivity index (χ1) is 9.47. The third kappa shape index (κ3) is 2.92. The van der Waals surface area contributed by atoms with Gasteiger partial charge in [0.05, 0.1) is 0 Å². The third-order valence-corrected chi connectivity index (χ3v) is 6.38. The summed E-state index contributed by atoms with van der Waals surface area (Å²) in [6.45, 7) is 16.3. The largest absolute Gasteiger partial charge is 0.302 e. The molecule has 0 aromatic heterocycles. The van der Waals surface area contributed by atoms with Gasteiger partial charge in [-0.2, -0.15) is 0 Å². The maximum absolute atomic E-state index is 2.75. The maximum Gasteiger partial charge on any atom is 0.00506 e. The van der Waals surface area contributed by atoms with Crippen molar-refractivity contribution in [2.45, 2.75) is 59.4 Å². The second kappa shape index (κ2) is 5.61. The van der Waals surface area contributed by atoms with Gasteiger partial charge in [0.25, 0.3) is 0 Å². The van der Waals surface area contributed by atoms with Crippen molar-refractivity contribution in [3.05, 3.63) is 0 Å². The number of likely N-dealkylation sites (tertiary alicyclic amines) is 2. The number of nitrogens with zero attached hydrogens (tertiary/aromatic N) is 2. The number of hydrogen-bond donors (Lipinski definition) is 0. The summed E-state index contributed by atoms with van der Waals surface area (Å²) in [6, 6.07) is 0.750. The lowest BCUT2D eigenvalue weighted by atomic mass is 9.64. The summed E-state index contributed by atoms with van der Waals surface area (Å²) in [5, 5.41) is 0. The fourth-order valence-electron chi connectivity index (χ4n) is 4.78. The second-order valence-electron chi connectivity index (χ2n) is 8.66. The molecule has 1 spiro atoms. The van der Waals surface area contributed by atoms with Gasteiger partial charge in [-0.05, 0) is 62.7 Å². The van der Waals surface area contributed by atoms with Gasteiger partial charge < -0.3 is 9.80 Å². The van der Waals surface area contributed by atoms with E-state index in [1.54, 1.807) is 0 Å². The Hall–Kier alpha value is -0.0800. The van der Waals surface area contributed by atoms with Crippen molar-refractivity contribution >= 4 is 0 Å². The maximum atomic E-state index is 2.75. The van der Waals surface area contributed by atoms with E-state index in [1.807, 2.05) is 0 Å². The van der Waals surface area contributed by atoms with Crippen molar-refractivity contribution in [3.8, 4) is 0 Å². The normalized spacial score (nSPS) is 29.1. The highest BCUT2D eigenvalue weighted by atomic mass is 15.3. The molecule has 3 fully saturated rings. The SMILES string of the molecule is CC(C)C1CCC2(CC1)CN(CC1CN(C(C)C)C1)C2. The molecule has 116 valence electrons. The van der Waals surface area contributed by atoms with E-state index in [1.165, 1.54) is 58.4 Å². The van der Waals surface area contributed by atoms with Gasteiger partial charge in [-0.15, -0.1) is 0 Å². The first-order valence-corrected chi connectivity index (χ1v) is 8.94. The minimum atomic E-state index is 0.743. The molecule has 3 rings (SSSR count). The van der Waals surface area contributed by atoms with E-state index in [2.05, 4.69) is 37.5 Å². The Kier molecular flexibility index (Phi) is 4.16. The van der Waals surface area contributed by atoms with E-state index in [9.17, 15) is 0 Å². The molecule has 0 unspecified atom stereocenters. The molecule has 2 aliphatic heterocycles. The Balaban J connectivity index is 1.35. The summed E-state index contributed by atoms with van der Waals surface area (Å²) in [4.78, 5) is 5.35. The van der Waals surface area contributed by atoms with Crippen LogP contribution in [-0.4, -0.2) is 48.6 Å². The Labute approximate surface area is 125 Å². The Morgan fingerprint density at radius 1 is 1.00 bits per heavy atom. The average molecular weight is 278 g/mol. The molecule has 2 nitrogen and oxygen atoms in total. The minimum Gasteiger partial charge on any atom is -0.302 e. The predicted molar refractivity (Wildman–Crippen MR) is 85.9 cm³/mol. The summed E-state index contributed by atoms with van der Waals surface area (Å²) in [6.07, 6.45) is 6.01. The van der Waals surface area contributed by atoms with Crippen molar-refractivity contribution in [2.24, 2.45) is 23.2 Å². The molecule has 3 aliphatic rings.